The number of carbonyl (C=O) groups excluding carboxylic acids is 1. The predicted molar refractivity (Wildman–Crippen MR) is 156 cm³/mol. The number of thiazole rings is 1. The summed E-state index contributed by atoms with van der Waals surface area (Å²) in [7, 11) is 1.58. The van der Waals surface area contributed by atoms with E-state index in [2.05, 4.69) is 4.99 Å². The van der Waals surface area contributed by atoms with Gasteiger partial charge in [0.2, 0.25) is 0 Å². The summed E-state index contributed by atoms with van der Waals surface area (Å²) in [6.45, 7) is 4.11. The third kappa shape index (κ3) is 5.59. The van der Waals surface area contributed by atoms with Gasteiger partial charge in [0.25, 0.3) is 5.56 Å². The Morgan fingerprint density at radius 2 is 1.82 bits per heavy atom. The molecule has 0 unspecified atom stereocenters. The van der Waals surface area contributed by atoms with Crippen LogP contribution < -0.4 is 24.4 Å². The van der Waals surface area contributed by atoms with Crippen LogP contribution in [0.3, 0.4) is 0 Å². The van der Waals surface area contributed by atoms with Gasteiger partial charge < -0.3 is 14.2 Å². The normalized spacial score (nSPS) is 14.9. The first-order chi connectivity index (χ1) is 19.4. The maximum atomic E-state index is 13.8. The van der Waals surface area contributed by atoms with Gasteiger partial charge >= 0.3 is 5.97 Å². The van der Waals surface area contributed by atoms with E-state index in [1.165, 1.54) is 11.3 Å². The van der Waals surface area contributed by atoms with Crippen molar-refractivity contribution in [1.82, 2.24) is 4.57 Å². The van der Waals surface area contributed by atoms with Gasteiger partial charge in [0.05, 0.1) is 35.6 Å². The average molecular weight is 575 g/mol. The summed E-state index contributed by atoms with van der Waals surface area (Å²) < 4.78 is 18.9. The van der Waals surface area contributed by atoms with Crippen LogP contribution in [0.1, 0.15) is 36.6 Å². The molecule has 1 aliphatic rings. The molecule has 1 aliphatic heterocycles. The first kappa shape index (κ1) is 27.4. The molecule has 9 heteroatoms. The summed E-state index contributed by atoms with van der Waals surface area (Å²) in [5, 5.41) is 0.555. The third-order valence-electron chi connectivity index (χ3n) is 6.43. The van der Waals surface area contributed by atoms with Crippen molar-refractivity contribution in [2.75, 3.05) is 13.7 Å². The number of ether oxygens (including phenoxy) is 3. The van der Waals surface area contributed by atoms with Crippen molar-refractivity contribution in [3.63, 3.8) is 0 Å². The lowest BCUT2D eigenvalue weighted by atomic mass is 9.96. The molecule has 40 heavy (non-hydrogen) atoms. The van der Waals surface area contributed by atoms with Gasteiger partial charge in [-0.15, -0.1) is 0 Å². The Balaban J connectivity index is 1.55. The first-order valence-corrected chi connectivity index (χ1v) is 13.9. The Kier molecular flexibility index (Phi) is 8.19. The fraction of sp³-hybridized carbons (Fsp3) is 0.194. The molecular weight excluding hydrogens is 548 g/mol. The van der Waals surface area contributed by atoms with E-state index >= 15 is 0 Å². The van der Waals surface area contributed by atoms with Crippen LogP contribution in [0.2, 0.25) is 5.02 Å². The summed E-state index contributed by atoms with van der Waals surface area (Å²) in [5.41, 5.74) is 3.11. The van der Waals surface area contributed by atoms with Crippen LogP contribution in [0.5, 0.6) is 11.5 Å². The zero-order valence-corrected chi connectivity index (χ0v) is 23.8. The minimum absolute atomic E-state index is 0.209. The fourth-order valence-corrected chi connectivity index (χ4v) is 5.70. The highest BCUT2D eigenvalue weighted by atomic mass is 35.5. The largest absolute Gasteiger partial charge is 0.493 e. The van der Waals surface area contributed by atoms with Gasteiger partial charge in [-0.25, -0.2) is 9.79 Å². The maximum Gasteiger partial charge on any atom is 0.338 e. The van der Waals surface area contributed by atoms with Crippen LogP contribution in [0.25, 0.3) is 6.08 Å². The second-order valence-corrected chi connectivity index (χ2v) is 10.5. The van der Waals surface area contributed by atoms with Gasteiger partial charge in [-0.2, -0.15) is 0 Å². The number of aromatic nitrogens is 1. The van der Waals surface area contributed by atoms with Crippen LogP contribution in [0.4, 0.5) is 0 Å². The molecule has 5 rings (SSSR count). The van der Waals surface area contributed by atoms with Crippen LogP contribution in [-0.4, -0.2) is 24.3 Å². The monoisotopic (exact) mass is 574 g/mol. The van der Waals surface area contributed by atoms with Crippen molar-refractivity contribution < 1.29 is 19.0 Å². The highest BCUT2D eigenvalue weighted by Gasteiger charge is 2.33. The number of allylic oxidation sites excluding steroid dienone is 1. The lowest BCUT2D eigenvalue weighted by Crippen LogP contribution is -2.39. The number of hydrogen-bond donors (Lipinski definition) is 0. The Hall–Kier alpha value is -4.14. The predicted octanol–water partition coefficient (Wildman–Crippen LogP) is 5.04. The van der Waals surface area contributed by atoms with Crippen LogP contribution in [-0.2, 0) is 16.1 Å². The van der Waals surface area contributed by atoms with E-state index in [0.29, 0.717) is 43.7 Å². The highest BCUT2D eigenvalue weighted by Crippen LogP contribution is 2.32. The summed E-state index contributed by atoms with van der Waals surface area (Å²) in [6, 6.07) is 21.8. The Morgan fingerprint density at radius 3 is 2.52 bits per heavy atom. The van der Waals surface area contributed by atoms with E-state index in [0.717, 1.165) is 16.7 Å². The third-order valence-corrected chi connectivity index (χ3v) is 7.66. The van der Waals surface area contributed by atoms with Crippen molar-refractivity contribution in [2.24, 2.45) is 4.99 Å². The van der Waals surface area contributed by atoms with E-state index in [1.54, 1.807) is 55.9 Å². The van der Waals surface area contributed by atoms with E-state index in [4.69, 9.17) is 25.8 Å². The summed E-state index contributed by atoms with van der Waals surface area (Å²) in [6.07, 6.45) is 1.79. The van der Waals surface area contributed by atoms with Crippen LogP contribution in [0.15, 0.2) is 93.9 Å². The SMILES string of the molecule is CCOC(=O)C1=C(C)N=c2s/c(=C\c3ccc(OCc4ccccc4)c(OC)c3)c(=O)n2[C@H]1c1ccc(Cl)cc1. The Morgan fingerprint density at radius 1 is 1.07 bits per heavy atom. The van der Waals surface area contributed by atoms with Gasteiger partial charge in [-0.3, -0.25) is 9.36 Å². The minimum Gasteiger partial charge on any atom is -0.493 e. The smallest absolute Gasteiger partial charge is 0.338 e. The second-order valence-electron chi connectivity index (χ2n) is 9.04. The molecule has 1 aromatic heterocycles. The lowest BCUT2D eigenvalue weighted by molar-refractivity contribution is -0.139. The molecule has 7 nitrogen and oxygen atoms in total. The Labute approximate surface area is 240 Å². The van der Waals surface area contributed by atoms with Gasteiger partial charge in [0, 0.05) is 5.02 Å². The van der Waals surface area contributed by atoms with Crippen LogP contribution >= 0.6 is 22.9 Å². The van der Waals surface area contributed by atoms with E-state index in [-0.39, 0.29) is 12.2 Å². The fourth-order valence-electron chi connectivity index (χ4n) is 4.53. The zero-order chi connectivity index (χ0) is 28.2. The average Bonchev–Trinajstić information content (AvgIpc) is 3.26. The number of carbonyl (C=O) groups is 1. The molecule has 1 atom stereocenters. The summed E-state index contributed by atoms with van der Waals surface area (Å²) >= 11 is 7.39. The van der Waals surface area contributed by atoms with Gasteiger partial charge in [0.15, 0.2) is 16.3 Å². The number of rotatable bonds is 8. The molecule has 3 aromatic carbocycles. The second kappa shape index (κ2) is 11.9. The molecule has 0 N–H and O–H groups in total. The number of nitrogens with zero attached hydrogens (tertiary/aromatic N) is 2. The van der Waals surface area contributed by atoms with Gasteiger partial charge in [-0.1, -0.05) is 71.5 Å². The molecule has 4 aromatic rings. The van der Waals surface area contributed by atoms with E-state index < -0.39 is 12.0 Å². The quantitative estimate of drug-likeness (QED) is 0.276. The van der Waals surface area contributed by atoms with Gasteiger partial charge in [-0.05, 0) is 60.9 Å². The molecule has 0 saturated heterocycles. The molecule has 0 saturated carbocycles. The van der Waals surface area contributed by atoms with Crippen molar-refractivity contribution in [3.8, 4) is 11.5 Å². The number of fused-ring (bicyclic) bond motifs is 1. The first-order valence-electron chi connectivity index (χ1n) is 12.7. The van der Waals surface area contributed by atoms with Gasteiger partial charge in [0.1, 0.15) is 6.61 Å². The molecule has 0 spiro atoms. The molecule has 0 amide bonds. The lowest BCUT2D eigenvalue weighted by Gasteiger charge is -2.24. The molecule has 204 valence electrons. The number of esters is 1. The molecule has 0 fully saturated rings. The summed E-state index contributed by atoms with van der Waals surface area (Å²) in [4.78, 5) is 31.9. The Bertz CT molecular complexity index is 1760. The zero-order valence-electron chi connectivity index (χ0n) is 22.2. The molecule has 0 aliphatic carbocycles. The molecular formula is C31H27ClN2O5S. The maximum absolute atomic E-state index is 13.8. The molecule has 2 heterocycles. The number of methoxy groups -OCH3 is 1. The minimum atomic E-state index is -0.696. The van der Waals surface area contributed by atoms with Crippen molar-refractivity contribution in [2.45, 2.75) is 26.5 Å². The van der Waals surface area contributed by atoms with E-state index in [1.807, 2.05) is 48.5 Å². The number of halogens is 1. The number of hydrogen-bond acceptors (Lipinski definition) is 7. The summed E-state index contributed by atoms with van der Waals surface area (Å²) in [5.74, 6) is 0.646. The van der Waals surface area contributed by atoms with E-state index in [9.17, 15) is 9.59 Å². The topological polar surface area (TPSA) is 79.1 Å². The highest BCUT2D eigenvalue weighted by molar-refractivity contribution is 7.07. The van der Waals surface area contributed by atoms with Crippen LogP contribution in [0, 0.1) is 0 Å². The van der Waals surface area contributed by atoms with Crippen molar-refractivity contribution in [3.05, 3.63) is 125 Å². The van der Waals surface area contributed by atoms with Crippen molar-refractivity contribution in [1.29, 1.82) is 0 Å². The molecule has 0 radical (unpaired) electrons. The standard InChI is InChI=1S/C31H27ClN2O5S/c1-4-38-30(36)27-19(2)33-31-34(28(27)22-11-13-23(32)14-12-22)29(35)26(40-31)17-21-10-15-24(25(16-21)37-3)39-18-20-8-6-5-7-9-20/h5-17,28H,4,18H2,1-3H3/b26-17-/t28-/m0/s1. The van der Waals surface area contributed by atoms with Crippen molar-refractivity contribution >= 4 is 35.0 Å². The number of benzene rings is 3. The molecule has 0 bridgehead atoms.